The molecule has 1 fully saturated rings. The zero-order chi connectivity index (χ0) is 16.8. The fourth-order valence-corrected chi connectivity index (χ4v) is 3.21. The Morgan fingerprint density at radius 1 is 1.29 bits per heavy atom. The number of para-hydroxylation sites is 1. The van der Waals surface area contributed by atoms with Crippen LogP contribution in [0.5, 0.6) is 0 Å². The lowest BCUT2D eigenvalue weighted by atomic mass is 9.93. The highest BCUT2D eigenvalue weighted by molar-refractivity contribution is 5.75. The van der Waals surface area contributed by atoms with E-state index in [1.165, 1.54) is 12.8 Å². The van der Waals surface area contributed by atoms with Crippen LogP contribution in [0.1, 0.15) is 31.2 Å². The van der Waals surface area contributed by atoms with E-state index in [4.69, 9.17) is 0 Å². The highest BCUT2D eigenvalue weighted by Gasteiger charge is 2.16. The standard InChI is InChI=1S/C19H26N4O/c1-22(19(24)8-7-16-9-11-20-12-10-16)14-17-13-21-23(15-17)18-5-3-2-4-6-18/h2-6,13,15-16,20H,7-12,14H2,1H3. The third-order valence-corrected chi connectivity index (χ3v) is 4.73. The van der Waals surface area contributed by atoms with Crippen LogP contribution in [0, 0.1) is 5.92 Å². The van der Waals surface area contributed by atoms with Crippen LogP contribution in [0.15, 0.2) is 42.7 Å². The lowest BCUT2D eigenvalue weighted by Crippen LogP contribution is -2.30. The van der Waals surface area contributed by atoms with Gasteiger partial charge in [-0.2, -0.15) is 5.10 Å². The average molecular weight is 326 g/mol. The summed E-state index contributed by atoms with van der Waals surface area (Å²) in [7, 11) is 1.88. The van der Waals surface area contributed by atoms with E-state index in [0.29, 0.717) is 18.9 Å². The molecule has 1 aliphatic rings. The van der Waals surface area contributed by atoms with Crippen molar-refractivity contribution in [3.63, 3.8) is 0 Å². The van der Waals surface area contributed by atoms with Crippen molar-refractivity contribution in [3.8, 4) is 5.69 Å². The van der Waals surface area contributed by atoms with Crippen molar-refractivity contribution >= 4 is 5.91 Å². The zero-order valence-corrected chi connectivity index (χ0v) is 14.3. The first kappa shape index (κ1) is 16.7. The van der Waals surface area contributed by atoms with Crippen LogP contribution in [-0.2, 0) is 11.3 Å². The third-order valence-electron chi connectivity index (χ3n) is 4.73. The highest BCUT2D eigenvalue weighted by Crippen LogP contribution is 2.18. The summed E-state index contributed by atoms with van der Waals surface area (Å²) in [6, 6.07) is 10.0. The Morgan fingerprint density at radius 3 is 2.79 bits per heavy atom. The molecule has 1 amide bonds. The van der Waals surface area contributed by atoms with E-state index in [-0.39, 0.29) is 5.91 Å². The molecule has 0 aliphatic carbocycles. The van der Waals surface area contributed by atoms with Crippen molar-refractivity contribution in [2.75, 3.05) is 20.1 Å². The van der Waals surface area contributed by atoms with E-state index in [2.05, 4.69) is 10.4 Å². The van der Waals surface area contributed by atoms with E-state index < -0.39 is 0 Å². The molecule has 1 saturated heterocycles. The Labute approximate surface area is 143 Å². The lowest BCUT2D eigenvalue weighted by molar-refractivity contribution is -0.130. The minimum Gasteiger partial charge on any atom is -0.341 e. The van der Waals surface area contributed by atoms with Crippen molar-refractivity contribution in [2.24, 2.45) is 5.92 Å². The van der Waals surface area contributed by atoms with Gasteiger partial charge in [0.1, 0.15) is 0 Å². The molecule has 2 aromatic rings. The topological polar surface area (TPSA) is 50.2 Å². The molecule has 2 heterocycles. The summed E-state index contributed by atoms with van der Waals surface area (Å²) >= 11 is 0. The van der Waals surface area contributed by atoms with E-state index in [9.17, 15) is 4.79 Å². The molecular formula is C19H26N4O. The van der Waals surface area contributed by atoms with Crippen LogP contribution < -0.4 is 5.32 Å². The van der Waals surface area contributed by atoms with Gasteiger partial charge in [0.15, 0.2) is 0 Å². The summed E-state index contributed by atoms with van der Waals surface area (Å²) in [5, 5.41) is 7.76. The summed E-state index contributed by atoms with van der Waals surface area (Å²) in [5.74, 6) is 0.922. The van der Waals surface area contributed by atoms with Gasteiger partial charge in [-0.1, -0.05) is 18.2 Å². The van der Waals surface area contributed by atoms with Crippen LogP contribution in [0.3, 0.4) is 0 Å². The van der Waals surface area contributed by atoms with Gasteiger partial charge in [0.25, 0.3) is 0 Å². The molecule has 0 unspecified atom stereocenters. The number of benzene rings is 1. The number of hydrogen-bond acceptors (Lipinski definition) is 3. The smallest absolute Gasteiger partial charge is 0.222 e. The Bertz CT molecular complexity index is 646. The molecule has 0 spiro atoms. The Balaban J connectivity index is 1.50. The summed E-state index contributed by atoms with van der Waals surface area (Å²) < 4.78 is 1.85. The quantitative estimate of drug-likeness (QED) is 0.888. The lowest BCUT2D eigenvalue weighted by Gasteiger charge is -2.23. The third kappa shape index (κ3) is 4.45. The number of amides is 1. The highest BCUT2D eigenvalue weighted by atomic mass is 16.2. The Morgan fingerprint density at radius 2 is 2.04 bits per heavy atom. The maximum atomic E-state index is 12.3. The fraction of sp³-hybridized carbons (Fsp3) is 0.474. The molecule has 1 aliphatic heterocycles. The largest absolute Gasteiger partial charge is 0.341 e. The first-order chi connectivity index (χ1) is 11.7. The first-order valence-electron chi connectivity index (χ1n) is 8.76. The SMILES string of the molecule is CN(Cc1cnn(-c2ccccc2)c1)C(=O)CCC1CCNCC1. The summed E-state index contributed by atoms with van der Waals surface area (Å²) in [5.41, 5.74) is 2.08. The Kier molecular flexibility index (Phi) is 5.64. The zero-order valence-electron chi connectivity index (χ0n) is 14.3. The van der Waals surface area contributed by atoms with Crippen LogP contribution >= 0.6 is 0 Å². The van der Waals surface area contributed by atoms with Gasteiger partial charge in [-0.3, -0.25) is 4.79 Å². The van der Waals surface area contributed by atoms with Gasteiger partial charge in [0.05, 0.1) is 11.9 Å². The van der Waals surface area contributed by atoms with Crippen molar-refractivity contribution < 1.29 is 4.79 Å². The van der Waals surface area contributed by atoms with Crippen molar-refractivity contribution in [1.29, 1.82) is 0 Å². The second kappa shape index (κ2) is 8.11. The second-order valence-electron chi connectivity index (χ2n) is 6.61. The molecule has 1 aromatic carbocycles. The van der Waals surface area contributed by atoms with Crippen LogP contribution in [0.25, 0.3) is 5.69 Å². The summed E-state index contributed by atoms with van der Waals surface area (Å²) in [4.78, 5) is 14.2. The molecule has 1 N–H and O–H groups in total. The van der Waals surface area contributed by atoms with Gasteiger partial charge < -0.3 is 10.2 Å². The van der Waals surface area contributed by atoms with Crippen molar-refractivity contribution in [3.05, 3.63) is 48.3 Å². The number of nitrogens with zero attached hydrogens (tertiary/aromatic N) is 3. The number of piperidine rings is 1. The van der Waals surface area contributed by atoms with Crippen molar-refractivity contribution in [1.82, 2.24) is 20.0 Å². The predicted octanol–water partition coefficient (Wildman–Crippen LogP) is 2.61. The van der Waals surface area contributed by atoms with E-state index in [1.807, 2.05) is 59.4 Å². The maximum absolute atomic E-state index is 12.3. The fourth-order valence-electron chi connectivity index (χ4n) is 3.21. The van der Waals surface area contributed by atoms with Gasteiger partial charge in [-0.25, -0.2) is 4.68 Å². The number of carbonyl (C=O) groups excluding carboxylic acids is 1. The first-order valence-corrected chi connectivity index (χ1v) is 8.76. The molecule has 0 radical (unpaired) electrons. The molecule has 128 valence electrons. The number of aromatic nitrogens is 2. The molecule has 0 saturated carbocycles. The molecule has 3 rings (SSSR count). The molecule has 0 atom stereocenters. The summed E-state index contributed by atoms with van der Waals surface area (Å²) in [6.45, 7) is 2.79. The minimum atomic E-state index is 0.223. The number of hydrogen-bond donors (Lipinski definition) is 1. The molecule has 0 bridgehead atoms. The molecule has 5 heteroatoms. The van der Waals surface area contributed by atoms with Gasteiger partial charge >= 0.3 is 0 Å². The van der Waals surface area contributed by atoms with Gasteiger partial charge in [-0.05, 0) is 50.4 Å². The van der Waals surface area contributed by atoms with Gasteiger partial charge in [0.2, 0.25) is 5.91 Å². The van der Waals surface area contributed by atoms with E-state index in [0.717, 1.165) is 30.8 Å². The van der Waals surface area contributed by atoms with E-state index in [1.54, 1.807) is 0 Å². The monoisotopic (exact) mass is 326 g/mol. The van der Waals surface area contributed by atoms with E-state index >= 15 is 0 Å². The number of rotatable bonds is 6. The normalized spacial score (nSPS) is 15.4. The van der Waals surface area contributed by atoms with Crippen LogP contribution in [0.2, 0.25) is 0 Å². The van der Waals surface area contributed by atoms with Crippen molar-refractivity contribution in [2.45, 2.75) is 32.2 Å². The van der Waals surface area contributed by atoms with Gasteiger partial charge in [-0.15, -0.1) is 0 Å². The van der Waals surface area contributed by atoms with Crippen LogP contribution in [0.4, 0.5) is 0 Å². The number of nitrogens with one attached hydrogen (secondary N) is 1. The Hall–Kier alpha value is -2.14. The molecule has 1 aromatic heterocycles. The second-order valence-corrected chi connectivity index (χ2v) is 6.61. The number of carbonyl (C=O) groups is 1. The van der Waals surface area contributed by atoms with Gasteiger partial charge in [0, 0.05) is 31.8 Å². The molecule has 24 heavy (non-hydrogen) atoms. The molecular weight excluding hydrogens is 300 g/mol. The summed E-state index contributed by atoms with van der Waals surface area (Å²) in [6.07, 6.45) is 7.87. The predicted molar refractivity (Wildman–Crippen MR) is 94.9 cm³/mol. The average Bonchev–Trinajstić information content (AvgIpc) is 3.10. The minimum absolute atomic E-state index is 0.223. The maximum Gasteiger partial charge on any atom is 0.222 e. The van der Waals surface area contributed by atoms with Crippen LogP contribution in [-0.4, -0.2) is 40.7 Å². The molecule has 5 nitrogen and oxygen atoms in total.